The molecular formula is C7H5NO2S. The van der Waals surface area contributed by atoms with Gasteiger partial charge in [-0.05, 0) is 24.3 Å². The van der Waals surface area contributed by atoms with Crippen LogP contribution in [0.4, 0.5) is 0 Å². The van der Waals surface area contributed by atoms with Gasteiger partial charge in [0, 0.05) is 0 Å². The van der Waals surface area contributed by atoms with Crippen LogP contribution in [0.3, 0.4) is 0 Å². The van der Waals surface area contributed by atoms with Crippen molar-refractivity contribution in [2.45, 2.75) is 4.90 Å². The van der Waals surface area contributed by atoms with Crippen molar-refractivity contribution in [1.82, 2.24) is 0 Å². The number of rotatable bonds is 1. The van der Waals surface area contributed by atoms with Crippen LogP contribution in [0.5, 0.6) is 0 Å². The van der Waals surface area contributed by atoms with Gasteiger partial charge in [-0.25, -0.2) is 8.42 Å². The minimum atomic E-state index is -2.52. The van der Waals surface area contributed by atoms with E-state index in [4.69, 9.17) is 5.26 Å². The van der Waals surface area contributed by atoms with Gasteiger partial charge in [0.1, 0.15) is 0 Å². The maximum absolute atomic E-state index is 10.4. The highest BCUT2D eigenvalue weighted by Crippen LogP contribution is 2.03. The van der Waals surface area contributed by atoms with Crippen molar-refractivity contribution in [3.05, 3.63) is 29.8 Å². The predicted molar refractivity (Wildman–Crippen MR) is 39.7 cm³/mol. The zero-order chi connectivity index (χ0) is 8.27. The average molecular weight is 167 g/mol. The zero-order valence-corrected chi connectivity index (χ0v) is 6.41. The summed E-state index contributed by atoms with van der Waals surface area (Å²) in [7, 11) is -2.52. The topological polar surface area (TPSA) is 57.9 Å². The number of hydrogen-bond acceptors (Lipinski definition) is 3. The number of benzene rings is 1. The van der Waals surface area contributed by atoms with Gasteiger partial charge in [-0.3, -0.25) is 0 Å². The Morgan fingerprint density at radius 2 is 1.73 bits per heavy atom. The molecule has 0 N–H and O–H groups in total. The van der Waals surface area contributed by atoms with E-state index in [2.05, 4.69) is 0 Å². The zero-order valence-electron chi connectivity index (χ0n) is 5.52. The summed E-state index contributed by atoms with van der Waals surface area (Å²) in [5.41, 5.74) is 0.464. The monoisotopic (exact) mass is 167 g/mol. The molecule has 0 heterocycles. The summed E-state index contributed by atoms with van der Waals surface area (Å²) in [6.45, 7) is 0. The number of thiol groups is 1. The summed E-state index contributed by atoms with van der Waals surface area (Å²) < 4.78 is 20.7. The third-order valence-electron chi connectivity index (χ3n) is 1.21. The smallest absolute Gasteiger partial charge is 0.168 e. The van der Waals surface area contributed by atoms with Gasteiger partial charge in [-0.2, -0.15) is 5.26 Å². The highest BCUT2D eigenvalue weighted by atomic mass is 32.2. The molecule has 0 fully saturated rings. The lowest BCUT2D eigenvalue weighted by Gasteiger charge is -1.88. The Morgan fingerprint density at radius 1 is 1.18 bits per heavy atom. The first-order valence-corrected chi connectivity index (χ1v) is 4.06. The van der Waals surface area contributed by atoms with E-state index in [-0.39, 0.29) is 4.90 Å². The summed E-state index contributed by atoms with van der Waals surface area (Å²) in [6.07, 6.45) is 0. The van der Waals surface area contributed by atoms with Crippen LogP contribution in [0, 0.1) is 11.3 Å². The molecule has 11 heavy (non-hydrogen) atoms. The maximum atomic E-state index is 10.4. The van der Waals surface area contributed by atoms with Crippen molar-refractivity contribution in [2.75, 3.05) is 0 Å². The van der Waals surface area contributed by atoms with Gasteiger partial charge in [0.05, 0.1) is 16.5 Å². The second kappa shape index (κ2) is 3.17. The molecule has 0 bridgehead atoms. The molecule has 0 aromatic heterocycles. The molecule has 0 unspecified atom stereocenters. The largest absolute Gasteiger partial charge is 0.227 e. The molecule has 0 aliphatic carbocycles. The maximum Gasteiger partial charge on any atom is 0.168 e. The van der Waals surface area contributed by atoms with Crippen LogP contribution < -0.4 is 0 Å². The third kappa shape index (κ3) is 1.79. The minimum absolute atomic E-state index is 0.235. The van der Waals surface area contributed by atoms with Gasteiger partial charge in [0.2, 0.25) is 0 Å². The van der Waals surface area contributed by atoms with Crippen LogP contribution in [-0.2, 0) is 10.7 Å². The van der Waals surface area contributed by atoms with E-state index < -0.39 is 10.7 Å². The molecule has 0 radical (unpaired) electrons. The molecule has 1 aromatic rings. The van der Waals surface area contributed by atoms with Gasteiger partial charge >= 0.3 is 0 Å². The molecule has 0 saturated carbocycles. The molecule has 56 valence electrons. The number of nitrogens with zero attached hydrogens (tertiary/aromatic N) is 1. The SMILES string of the molecule is N#Cc1ccc([SH](=O)=O)cc1. The fourth-order valence-electron chi connectivity index (χ4n) is 0.658. The molecule has 1 aromatic carbocycles. The van der Waals surface area contributed by atoms with Crippen LogP contribution in [0.1, 0.15) is 5.56 Å². The molecule has 0 spiro atoms. The predicted octanol–water partition coefficient (Wildman–Crippen LogP) is 0.529. The van der Waals surface area contributed by atoms with Crippen molar-refractivity contribution in [2.24, 2.45) is 0 Å². The normalized spacial score (nSPS) is 9.45. The molecule has 0 saturated heterocycles. The number of nitriles is 1. The Kier molecular flexibility index (Phi) is 2.24. The summed E-state index contributed by atoms with van der Waals surface area (Å²) >= 11 is 0. The average Bonchev–Trinajstić information content (AvgIpc) is 2.05. The Hall–Kier alpha value is -1.34. The lowest BCUT2D eigenvalue weighted by atomic mass is 10.2. The van der Waals surface area contributed by atoms with Crippen LogP contribution in [-0.4, -0.2) is 8.42 Å². The fraction of sp³-hybridized carbons (Fsp3) is 0. The quantitative estimate of drug-likeness (QED) is 0.620. The van der Waals surface area contributed by atoms with Gasteiger partial charge in [0.15, 0.2) is 10.7 Å². The van der Waals surface area contributed by atoms with E-state index in [1.54, 1.807) is 0 Å². The summed E-state index contributed by atoms with van der Waals surface area (Å²) in [5.74, 6) is 0. The molecule has 0 amide bonds. The first-order valence-electron chi connectivity index (χ1n) is 2.88. The summed E-state index contributed by atoms with van der Waals surface area (Å²) in [4.78, 5) is 0.235. The Balaban J connectivity index is 3.13. The molecule has 1 rings (SSSR count). The second-order valence-corrected chi connectivity index (χ2v) is 2.95. The lowest BCUT2D eigenvalue weighted by Crippen LogP contribution is -1.79. The van der Waals surface area contributed by atoms with Gasteiger partial charge in [0.25, 0.3) is 0 Å². The van der Waals surface area contributed by atoms with Crippen LogP contribution in [0.15, 0.2) is 29.2 Å². The van der Waals surface area contributed by atoms with Crippen LogP contribution >= 0.6 is 0 Å². The summed E-state index contributed by atoms with van der Waals surface area (Å²) in [5, 5.41) is 8.37. The standard InChI is InChI=1S/C7H5NO2S/c8-5-6-1-3-7(4-2-6)11(9)10/h1-4,11H. The molecule has 4 heteroatoms. The van der Waals surface area contributed by atoms with E-state index >= 15 is 0 Å². The summed E-state index contributed by atoms with van der Waals surface area (Å²) in [6, 6.07) is 7.66. The van der Waals surface area contributed by atoms with Crippen LogP contribution in [0.2, 0.25) is 0 Å². The first kappa shape index (κ1) is 7.76. The van der Waals surface area contributed by atoms with Gasteiger partial charge < -0.3 is 0 Å². The van der Waals surface area contributed by atoms with E-state index in [0.717, 1.165) is 0 Å². The Labute approximate surface area is 65.8 Å². The number of hydrogen-bond donors (Lipinski definition) is 1. The molecule has 0 atom stereocenters. The van der Waals surface area contributed by atoms with Crippen molar-refractivity contribution in [3.8, 4) is 6.07 Å². The minimum Gasteiger partial charge on any atom is -0.227 e. The van der Waals surface area contributed by atoms with Gasteiger partial charge in [-0.15, -0.1) is 0 Å². The fourth-order valence-corrected chi connectivity index (χ4v) is 1.05. The van der Waals surface area contributed by atoms with Crippen molar-refractivity contribution in [3.63, 3.8) is 0 Å². The third-order valence-corrected chi connectivity index (χ3v) is 1.93. The first-order chi connectivity index (χ1) is 5.24. The van der Waals surface area contributed by atoms with Crippen molar-refractivity contribution in [1.29, 1.82) is 5.26 Å². The Morgan fingerprint density at radius 3 is 2.09 bits per heavy atom. The highest BCUT2D eigenvalue weighted by Gasteiger charge is 1.93. The molecule has 0 aliphatic rings. The van der Waals surface area contributed by atoms with Crippen molar-refractivity contribution >= 4 is 10.7 Å². The van der Waals surface area contributed by atoms with Crippen molar-refractivity contribution < 1.29 is 8.42 Å². The Bertz CT molecular complexity index is 351. The highest BCUT2D eigenvalue weighted by molar-refractivity contribution is 7.72. The lowest BCUT2D eigenvalue weighted by molar-refractivity contribution is 0.614. The molecule has 0 aliphatic heterocycles. The van der Waals surface area contributed by atoms with Crippen LogP contribution in [0.25, 0.3) is 0 Å². The van der Waals surface area contributed by atoms with E-state index in [9.17, 15) is 8.42 Å². The van der Waals surface area contributed by atoms with E-state index in [1.165, 1.54) is 24.3 Å². The molecule has 3 nitrogen and oxygen atoms in total. The van der Waals surface area contributed by atoms with E-state index in [0.29, 0.717) is 5.56 Å². The van der Waals surface area contributed by atoms with E-state index in [1.807, 2.05) is 6.07 Å². The van der Waals surface area contributed by atoms with Gasteiger partial charge in [-0.1, -0.05) is 0 Å². The second-order valence-electron chi connectivity index (χ2n) is 1.92. The molecular weight excluding hydrogens is 162 g/mol.